The molecule has 2 heterocycles. The maximum absolute atomic E-state index is 11.5. The van der Waals surface area contributed by atoms with Gasteiger partial charge >= 0.3 is 0 Å². The first-order chi connectivity index (χ1) is 10.2. The van der Waals surface area contributed by atoms with Crippen molar-refractivity contribution in [2.75, 3.05) is 0 Å². The fraction of sp³-hybridized carbons (Fsp3) is 0.0667. The van der Waals surface area contributed by atoms with E-state index in [9.17, 15) is 14.7 Å². The average Bonchev–Trinajstić information content (AvgIpc) is 3.06. The zero-order valence-corrected chi connectivity index (χ0v) is 12.5. The van der Waals surface area contributed by atoms with Gasteiger partial charge in [-0.05, 0) is 47.2 Å². The molecular weight excluding hydrogens is 306 g/mol. The van der Waals surface area contributed by atoms with Gasteiger partial charge in [0, 0.05) is 9.75 Å². The van der Waals surface area contributed by atoms with E-state index in [0.717, 1.165) is 32.6 Å². The number of carbonyl (C=O) groups excluding carboxylic acids is 2. The third-order valence-corrected chi connectivity index (χ3v) is 4.83. The van der Waals surface area contributed by atoms with Gasteiger partial charge in [-0.1, -0.05) is 18.2 Å². The SMILES string of the molecule is O=C1NC(=O)/C(=C\c2ccc(-c3cccc(CO)c3)s2)S1. The lowest BCUT2D eigenvalue weighted by atomic mass is 10.1. The summed E-state index contributed by atoms with van der Waals surface area (Å²) in [5, 5.41) is 11.1. The minimum absolute atomic E-state index is 0.00897. The number of thioether (sulfide) groups is 1. The summed E-state index contributed by atoms with van der Waals surface area (Å²) in [5.41, 5.74) is 1.88. The quantitative estimate of drug-likeness (QED) is 0.853. The Hall–Kier alpha value is -1.89. The summed E-state index contributed by atoms with van der Waals surface area (Å²) >= 11 is 2.45. The lowest BCUT2D eigenvalue weighted by Gasteiger charge is -2.00. The highest BCUT2D eigenvalue weighted by molar-refractivity contribution is 8.18. The third kappa shape index (κ3) is 3.07. The number of aliphatic hydroxyl groups is 1. The van der Waals surface area contributed by atoms with Crippen molar-refractivity contribution in [1.29, 1.82) is 0 Å². The van der Waals surface area contributed by atoms with Crippen LogP contribution in [0.1, 0.15) is 10.4 Å². The lowest BCUT2D eigenvalue weighted by Crippen LogP contribution is -2.17. The number of carbonyl (C=O) groups is 2. The van der Waals surface area contributed by atoms with Gasteiger partial charge in [0.1, 0.15) is 0 Å². The Bertz CT molecular complexity index is 749. The molecule has 0 spiro atoms. The Morgan fingerprint density at radius 3 is 2.76 bits per heavy atom. The fourth-order valence-electron chi connectivity index (χ4n) is 1.96. The van der Waals surface area contributed by atoms with Crippen LogP contribution in [0.15, 0.2) is 41.3 Å². The van der Waals surface area contributed by atoms with Gasteiger partial charge in [-0.3, -0.25) is 14.9 Å². The molecule has 3 rings (SSSR count). The second-order valence-corrected chi connectivity index (χ2v) is 6.54. The van der Waals surface area contributed by atoms with E-state index in [1.54, 1.807) is 6.08 Å². The molecule has 0 aliphatic carbocycles. The molecule has 0 unspecified atom stereocenters. The largest absolute Gasteiger partial charge is 0.392 e. The molecule has 4 nitrogen and oxygen atoms in total. The lowest BCUT2D eigenvalue weighted by molar-refractivity contribution is -0.115. The standard InChI is InChI=1S/C15H11NO3S2/c17-8-9-2-1-3-10(6-9)12-5-4-11(20-12)7-13-14(18)16-15(19)21-13/h1-7,17H,8H2,(H,16,18,19)/b13-7+. The molecule has 21 heavy (non-hydrogen) atoms. The molecule has 1 aliphatic rings. The molecule has 2 aromatic rings. The summed E-state index contributed by atoms with van der Waals surface area (Å²) in [6, 6.07) is 11.6. The maximum atomic E-state index is 11.5. The topological polar surface area (TPSA) is 66.4 Å². The predicted octanol–water partition coefficient (Wildman–Crippen LogP) is 3.23. The number of nitrogens with one attached hydrogen (secondary N) is 1. The van der Waals surface area contributed by atoms with Crippen molar-refractivity contribution in [3.8, 4) is 10.4 Å². The molecule has 0 saturated carbocycles. The minimum Gasteiger partial charge on any atom is -0.392 e. The summed E-state index contributed by atoms with van der Waals surface area (Å²) < 4.78 is 0. The molecule has 1 aliphatic heterocycles. The van der Waals surface area contributed by atoms with E-state index in [1.807, 2.05) is 36.4 Å². The van der Waals surface area contributed by atoms with Crippen molar-refractivity contribution in [2.45, 2.75) is 6.61 Å². The van der Waals surface area contributed by atoms with Crippen LogP contribution in [0.3, 0.4) is 0 Å². The first-order valence-electron chi connectivity index (χ1n) is 6.20. The molecule has 2 N–H and O–H groups in total. The van der Waals surface area contributed by atoms with Gasteiger partial charge in [-0.15, -0.1) is 11.3 Å². The summed E-state index contributed by atoms with van der Waals surface area (Å²) in [6.07, 6.45) is 1.72. The van der Waals surface area contributed by atoms with E-state index in [0.29, 0.717) is 4.91 Å². The highest BCUT2D eigenvalue weighted by Crippen LogP contribution is 2.32. The van der Waals surface area contributed by atoms with Crippen LogP contribution < -0.4 is 5.32 Å². The predicted molar refractivity (Wildman–Crippen MR) is 84.8 cm³/mol. The number of amides is 2. The molecule has 1 saturated heterocycles. The maximum Gasteiger partial charge on any atom is 0.290 e. The smallest absolute Gasteiger partial charge is 0.290 e. The van der Waals surface area contributed by atoms with Crippen LogP contribution in [0.25, 0.3) is 16.5 Å². The van der Waals surface area contributed by atoms with Crippen molar-refractivity contribution in [1.82, 2.24) is 5.32 Å². The van der Waals surface area contributed by atoms with E-state index < -0.39 is 0 Å². The number of aliphatic hydroxyl groups excluding tert-OH is 1. The van der Waals surface area contributed by atoms with E-state index in [-0.39, 0.29) is 17.8 Å². The molecule has 1 fully saturated rings. The van der Waals surface area contributed by atoms with E-state index >= 15 is 0 Å². The van der Waals surface area contributed by atoms with Crippen LogP contribution in [-0.2, 0) is 11.4 Å². The van der Waals surface area contributed by atoms with Crippen molar-refractivity contribution >= 4 is 40.3 Å². The first kappa shape index (κ1) is 14.1. The van der Waals surface area contributed by atoms with Crippen LogP contribution in [0, 0.1) is 0 Å². The van der Waals surface area contributed by atoms with Gasteiger partial charge < -0.3 is 5.11 Å². The first-order valence-corrected chi connectivity index (χ1v) is 7.84. The van der Waals surface area contributed by atoms with Gasteiger partial charge in [0.25, 0.3) is 11.1 Å². The molecular formula is C15H11NO3S2. The number of hydrogen-bond donors (Lipinski definition) is 2. The Kier molecular flexibility index (Phi) is 3.92. The fourth-order valence-corrected chi connectivity index (χ4v) is 3.65. The van der Waals surface area contributed by atoms with Crippen molar-refractivity contribution < 1.29 is 14.7 Å². The second-order valence-electron chi connectivity index (χ2n) is 4.41. The van der Waals surface area contributed by atoms with Crippen LogP contribution in [0.2, 0.25) is 0 Å². The van der Waals surface area contributed by atoms with Gasteiger partial charge in [0.15, 0.2) is 0 Å². The molecule has 1 aromatic carbocycles. The summed E-state index contributed by atoms with van der Waals surface area (Å²) in [4.78, 5) is 25.0. The Balaban J connectivity index is 1.88. The summed E-state index contributed by atoms with van der Waals surface area (Å²) in [7, 11) is 0. The molecule has 0 atom stereocenters. The van der Waals surface area contributed by atoms with E-state index in [4.69, 9.17) is 0 Å². The number of hydrogen-bond acceptors (Lipinski definition) is 5. The van der Waals surface area contributed by atoms with Crippen molar-refractivity contribution in [3.05, 3.63) is 51.7 Å². The number of benzene rings is 1. The molecule has 0 radical (unpaired) electrons. The van der Waals surface area contributed by atoms with Crippen LogP contribution in [0.4, 0.5) is 4.79 Å². The van der Waals surface area contributed by atoms with Gasteiger partial charge in [0.05, 0.1) is 11.5 Å². The Labute approximate surface area is 129 Å². The zero-order chi connectivity index (χ0) is 14.8. The Morgan fingerprint density at radius 1 is 1.19 bits per heavy atom. The molecule has 2 amide bonds. The molecule has 0 bridgehead atoms. The third-order valence-electron chi connectivity index (χ3n) is 2.94. The monoisotopic (exact) mass is 317 g/mol. The van der Waals surface area contributed by atoms with E-state index in [1.165, 1.54) is 11.3 Å². The number of imide groups is 1. The normalized spacial score (nSPS) is 16.5. The zero-order valence-electron chi connectivity index (χ0n) is 10.8. The highest BCUT2D eigenvalue weighted by Gasteiger charge is 2.25. The summed E-state index contributed by atoms with van der Waals surface area (Å²) in [6.45, 7) is 0.00897. The van der Waals surface area contributed by atoms with E-state index in [2.05, 4.69) is 5.32 Å². The van der Waals surface area contributed by atoms with Gasteiger partial charge in [0.2, 0.25) is 0 Å². The van der Waals surface area contributed by atoms with Gasteiger partial charge in [-0.2, -0.15) is 0 Å². The minimum atomic E-state index is -0.345. The molecule has 106 valence electrons. The van der Waals surface area contributed by atoms with Crippen LogP contribution >= 0.6 is 23.1 Å². The number of thiophene rings is 1. The van der Waals surface area contributed by atoms with Gasteiger partial charge in [-0.25, -0.2) is 0 Å². The van der Waals surface area contributed by atoms with Crippen molar-refractivity contribution in [3.63, 3.8) is 0 Å². The average molecular weight is 317 g/mol. The van der Waals surface area contributed by atoms with Crippen LogP contribution in [0.5, 0.6) is 0 Å². The molecule has 1 aromatic heterocycles. The molecule has 6 heteroatoms. The number of rotatable bonds is 3. The van der Waals surface area contributed by atoms with Crippen molar-refractivity contribution in [2.24, 2.45) is 0 Å². The highest BCUT2D eigenvalue weighted by atomic mass is 32.2. The van der Waals surface area contributed by atoms with Crippen LogP contribution in [-0.4, -0.2) is 16.3 Å². The summed E-state index contributed by atoms with van der Waals surface area (Å²) in [5.74, 6) is -0.345. The Morgan fingerprint density at radius 2 is 2.05 bits per heavy atom. The second kappa shape index (κ2) is 5.85.